The molecule has 4 aromatic heterocycles. The maximum Gasteiger partial charge on any atom is 0.356 e. The fourth-order valence-corrected chi connectivity index (χ4v) is 7.23. The van der Waals surface area contributed by atoms with Crippen molar-refractivity contribution in [2.24, 2.45) is 24.6 Å². The zero-order chi connectivity index (χ0) is 31.7. The summed E-state index contributed by atoms with van der Waals surface area (Å²) >= 11 is 0. The number of fused-ring (bicyclic) bond motifs is 4. The van der Waals surface area contributed by atoms with E-state index in [0.29, 0.717) is 46.7 Å². The van der Waals surface area contributed by atoms with Crippen LogP contribution in [0.15, 0.2) is 48.7 Å². The van der Waals surface area contributed by atoms with E-state index in [1.165, 1.54) is 20.0 Å². The number of nitrogens with two attached hydrogens (primary N) is 1. The minimum Gasteiger partial charge on any atom is -0.494 e. The number of likely N-dealkylation sites (tertiary alicyclic amines) is 1. The lowest BCUT2D eigenvalue weighted by molar-refractivity contribution is 0.0593. The summed E-state index contributed by atoms with van der Waals surface area (Å²) in [6.07, 6.45) is 5.99. The third-order valence-corrected chi connectivity index (χ3v) is 9.86. The van der Waals surface area contributed by atoms with Crippen molar-refractivity contribution in [2.45, 2.75) is 44.3 Å². The highest BCUT2D eigenvalue weighted by atomic mass is 16.5. The van der Waals surface area contributed by atoms with Gasteiger partial charge in [0.1, 0.15) is 28.4 Å². The molecule has 2 saturated carbocycles. The molecule has 2 bridgehead atoms. The highest BCUT2D eigenvalue weighted by Crippen LogP contribution is 2.40. The Labute approximate surface area is 265 Å². The number of methoxy groups -OCH3 is 2. The largest absolute Gasteiger partial charge is 0.494 e. The molecule has 1 aromatic carbocycles. The predicted molar refractivity (Wildman–Crippen MR) is 173 cm³/mol. The number of rotatable bonds is 8. The van der Waals surface area contributed by atoms with Gasteiger partial charge in [-0.05, 0) is 80.0 Å². The smallest absolute Gasteiger partial charge is 0.356 e. The Hall–Kier alpha value is -4.97. The lowest BCUT2D eigenvalue weighted by Gasteiger charge is -2.27. The molecular formula is C34H36N8O4. The SMILES string of the molecule is COC(=O)c1ccc(Nc2ccc3cc(-c4nc5cc(C(=O)N6CC7CCC6C7N)cc(OC)c5n4C)n(CC4CC4)c3n2)cn1. The van der Waals surface area contributed by atoms with Gasteiger partial charge in [-0.2, -0.15) is 0 Å². The third-order valence-electron chi connectivity index (χ3n) is 9.86. The molecule has 12 heteroatoms. The van der Waals surface area contributed by atoms with E-state index in [2.05, 4.69) is 20.9 Å². The van der Waals surface area contributed by atoms with E-state index in [-0.39, 0.29) is 23.7 Å². The Balaban J connectivity index is 1.17. The molecule has 5 aromatic rings. The number of hydrogen-bond acceptors (Lipinski definition) is 9. The number of aryl methyl sites for hydroxylation is 1. The van der Waals surface area contributed by atoms with Crippen LogP contribution in [0.3, 0.4) is 0 Å². The molecule has 3 atom stereocenters. The summed E-state index contributed by atoms with van der Waals surface area (Å²) in [5, 5.41) is 4.30. The van der Waals surface area contributed by atoms with Crippen molar-refractivity contribution in [1.29, 1.82) is 0 Å². The van der Waals surface area contributed by atoms with E-state index in [4.69, 9.17) is 25.2 Å². The van der Waals surface area contributed by atoms with Gasteiger partial charge in [0.05, 0.1) is 37.3 Å². The highest BCUT2D eigenvalue weighted by Gasteiger charge is 2.47. The molecule has 46 heavy (non-hydrogen) atoms. The molecule has 3 N–H and O–H groups in total. The lowest BCUT2D eigenvalue weighted by Crippen LogP contribution is -2.41. The van der Waals surface area contributed by atoms with Crippen LogP contribution in [-0.2, 0) is 18.3 Å². The first kappa shape index (κ1) is 28.5. The van der Waals surface area contributed by atoms with E-state index in [9.17, 15) is 9.59 Å². The Morgan fingerprint density at radius 2 is 1.89 bits per heavy atom. The van der Waals surface area contributed by atoms with Gasteiger partial charge in [0.25, 0.3) is 5.91 Å². The number of imidazole rings is 1. The van der Waals surface area contributed by atoms with Crippen LogP contribution in [-0.4, -0.2) is 73.7 Å². The lowest BCUT2D eigenvalue weighted by atomic mass is 10.1. The van der Waals surface area contributed by atoms with Crippen LogP contribution in [0.5, 0.6) is 5.75 Å². The number of aromatic nitrogens is 5. The molecule has 3 aliphatic rings. The molecular weight excluding hydrogens is 584 g/mol. The number of hydrogen-bond donors (Lipinski definition) is 2. The summed E-state index contributed by atoms with van der Waals surface area (Å²) in [6.45, 7) is 1.53. The quantitative estimate of drug-likeness (QED) is 0.240. The maximum absolute atomic E-state index is 13.7. The summed E-state index contributed by atoms with van der Waals surface area (Å²) in [4.78, 5) is 41.7. The van der Waals surface area contributed by atoms with Crippen molar-refractivity contribution in [2.75, 3.05) is 26.1 Å². The molecule has 8 rings (SSSR count). The van der Waals surface area contributed by atoms with E-state index in [0.717, 1.165) is 47.5 Å². The standard InChI is InChI=1S/C34H36N8O4/c1-40-30-24(12-21(14-27(30)45-2)33(43)42-17-20-6-10-25(42)29(20)35)38-32(40)26-13-19-7-11-28(39-31(19)41(26)16-18-4-5-18)37-22-8-9-23(36-15-22)34(44)46-3/h7-9,11-15,18,20,25,29H,4-6,10,16-17,35H2,1-3H3,(H,37,39). The molecule has 236 valence electrons. The van der Waals surface area contributed by atoms with Crippen LogP contribution in [0, 0.1) is 11.8 Å². The number of amides is 1. The van der Waals surface area contributed by atoms with Gasteiger partial charge in [-0.25, -0.2) is 19.7 Å². The second-order valence-electron chi connectivity index (χ2n) is 12.7. The fraction of sp³-hybridized carbons (Fsp3) is 0.382. The van der Waals surface area contributed by atoms with Crippen molar-refractivity contribution in [3.8, 4) is 17.3 Å². The molecule has 5 heterocycles. The van der Waals surface area contributed by atoms with Gasteiger partial charge in [-0.3, -0.25) is 4.79 Å². The Morgan fingerprint density at radius 1 is 1.04 bits per heavy atom. The summed E-state index contributed by atoms with van der Waals surface area (Å²) in [5.41, 5.74) is 11.3. The van der Waals surface area contributed by atoms with Gasteiger partial charge >= 0.3 is 5.97 Å². The molecule has 12 nitrogen and oxygen atoms in total. The van der Waals surface area contributed by atoms with Crippen LogP contribution in [0.2, 0.25) is 0 Å². The summed E-state index contributed by atoms with van der Waals surface area (Å²) in [6, 6.07) is 13.4. The molecule has 2 aliphatic carbocycles. The molecule has 3 unspecified atom stereocenters. The number of ether oxygens (including phenoxy) is 2. The number of nitrogens with one attached hydrogen (secondary N) is 1. The van der Waals surface area contributed by atoms with Crippen molar-refractivity contribution >= 4 is 45.4 Å². The van der Waals surface area contributed by atoms with Crippen molar-refractivity contribution in [3.63, 3.8) is 0 Å². The van der Waals surface area contributed by atoms with Crippen molar-refractivity contribution < 1.29 is 19.1 Å². The number of carbonyl (C=O) groups excluding carboxylic acids is 2. The van der Waals surface area contributed by atoms with E-state index >= 15 is 0 Å². The third kappa shape index (κ3) is 4.66. The van der Waals surface area contributed by atoms with Crippen LogP contribution < -0.4 is 15.8 Å². The van der Waals surface area contributed by atoms with Gasteiger partial charge in [0, 0.05) is 43.2 Å². The second kappa shape index (κ2) is 10.8. The van der Waals surface area contributed by atoms with Crippen LogP contribution >= 0.6 is 0 Å². The Bertz CT molecular complexity index is 2010. The van der Waals surface area contributed by atoms with Crippen LogP contribution in [0.1, 0.15) is 46.5 Å². The average Bonchev–Trinajstić information content (AvgIpc) is 3.48. The molecule has 0 spiro atoms. The normalized spacial score (nSPS) is 20.5. The second-order valence-corrected chi connectivity index (χ2v) is 12.7. The van der Waals surface area contributed by atoms with Gasteiger partial charge in [0.15, 0.2) is 5.82 Å². The summed E-state index contributed by atoms with van der Waals surface area (Å²) in [7, 11) is 4.94. The van der Waals surface area contributed by atoms with Gasteiger partial charge < -0.3 is 34.6 Å². The van der Waals surface area contributed by atoms with Gasteiger partial charge in [0.2, 0.25) is 0 Å². The first-order chi connectivity index (χ1) is 22.3. The molecule has 3 fully saturated rings. The van der Waals surface area contributed by atoms with Crippen molar-refractivity contribution in [3.05, 3.63) is 59.9 Å². The molecule has 1 aliphatic heterocycles. The number of nitrogens with zero attached hydrogens (tertiary/aromatic N) is 6. The minimum atomic E-state index is -0.484. The van der Waals surface area contributed by atoms with E-state index in [1.807, 2.05) is 40.8 Å². The first-order valence-corrected chi connectivity index (χ1v) is 15.8. The molecule has 1 saturated heterocycles. The topological polar surface area (TPSA) is 142 Å². The van der Waals surface area contributed by atoms with E-state index in [1.54, 1.807) is 25.4 Å². The van der Waals surface area contributed by atoms with Crippen molar-refractivity contribution in [1.82, 2.24) is 29.0 Å². The van der Waals surface area contributed by atoms with Gasteiger partial charge in [-0.1, -0.05) is 0 Å². The van der Waals surface area contributed by atoms with Crippen LogP contribution in [0.25, 0.3) is 33.6 Å². The molecule has 0 radical (unpaired) electrons. The van der Waals surface area contributed by atoms with E-state index < -0.39 is 5.97 Å². The van der Waals surface area contributed by atoms with Gasteiger partial charge in [-0.15, -0.1) is 0 Å². The Kier molecular flexibility index (Phi) is 6.71. The average molecular weight is 621 g/mol. The Morgan fingerprint density at radius 3 is 2.57 bits per heavy atom. The molecule has 1 amide bonds. The number of esters is 1. The monoisotopic (exact) mass is 620 g/mol. The predicted octanol–water partition coefficient (Wildman–Crippen LogP) is 4.50. The highest BCUT2D eigenvalue weighted by molar-refractivity contribution is 6.00. The zero-order valence-electron chi connectivity index (χ0n) is 26.1. The fourth-order valence-electron chi connectivity index (χ4n) is 7.23. The summed E-state index contributed by atoms with van der Waals surface area (Å²) in [5.74, 6) is 2.50. The number of benzene rings is 1. The van der Waals surface area contributed by atoms with Crippen LogP contribution in [0.4, 0.5) is 11.5 Å². The minimum absolute atomic E-state index is 0.0164. The first-order valence-electron chi connectivity index (χ1n) is 15.8. The zero-order valence-corrected chi connectivity index (χ0v) is 26.1. The number of anilines is 2. The number of piperidine rings is 1. The number of carbonyl (C=O) groups is 2. The summed E-state index contributed by atoms with van der Waals surface area (Å²) < 4.78 is 14.9. The number of pyridine rings is 2. The maximum atomic E-state index is 13.7.